The highest BCUT2D eigenvalue weighted by Gasteiger charge is 2.24. The van der Waals surface area contributed by atoms with E-state index in [1.54, 1.807) is 0 Å². The van der Waals surface area contributed by atoms with E-state index in [9.17, 15) is 14.0 Å². The third kappa shape index (κ3) is 4.75. The number of piperazine rings is 1. The monoisotopic (exact) mass is 505 g/mol. The van der Waals surface area contributed by atoms with Gasteiger partial charge in [0.05, 0.1) is 33.8 Å². The fourth-order valence-corrected chi connectivity index (χ4v) is 3.99. The van der Waals surface area contributed by atoms with Crippen LogP contribution in [0, 0.1) is 18.6 Å². The molecule has 4 rings (SSSR count). The van der Waals surface area contributed by atoms with Crippen molar-refractivity contribution in [3.05, 3.63) is 57.9 Å². The number of likely N-dealkylation sites (N-methyl/N-ethyl adjacent to an activating group) is 1. The molecule has 4 N–H and O–H groups in total. The molecule has 3 aromatic rings. The molecule has 0 spiro atoms. The number of halogens is 3. The standard InChI is InChI=1S/C22H22ClF2N7O3/c1-11-19(23)12(7-14(26)20(11)25)21(33)27-15-9-17(32-10-16(22(34)35)28-29-32)13(24)8-18(15)31-5-3-30(2)4-6-31/h7-10H,3-6,26H2,1-2H3,(H,27,33)(H,34,35). The van der Waals surface area contributed by atoms with Crippen molar-refractivity contribution in [2.24, 2.45) is 0 Å². The van der Waals surface area contributed by atoms with Crippen LogP contribution >= 0.6 is 11.6 Å². The zero-order chi connectivity index (χ0) is 25.4. The lowest BCUT2D eigenvalue weighted by Crippen LogP contribution is -2.44. The topological polar surface area (TPSA) is 130 Å². The van der Waals surface area contributed by atoms with Crippen molar-refractivity contribution in [3.63, 3.8) is 0 Å². The maximum Gasteiger partial charge on any atom is 0.358 e. The van der Waals surface area contributed by atoms with E-state index in [1.807, 2.05) is 11.9 Å². The van der Waals surface area contributed by atoms with Gasteiger partial charge in [0.2, 0.25) is 0 Å². The first-order valence-corrected chi connectivity index (χ1v) is 10.9. The Hall–Kier alpha value is -3.77. The van der Waals surface area contributed by atoms with Gasteiger partial charge in [-0.1, -0.05) is 16.8 Å². The van der Waals surface area contributed by atoms with Crippen LogP contribution in [0.2, 0.25) is 5.02 Å². The molecule has 0 atom stereocenters. The number of hydrogen-bond donors (Lipinski definition) is 3. The van der Waals surface area contributed by atoms with Gasteiger partial charge in [0.25, 0.3) is 5.91 Å². The number of nitrogens with zero attached hydrogens (tertiary/aromatic N) is 5. The van der Waals surface area contributed by atoms with Crippen LogP contribution in [0.3, 0.4) is 0 Å². The molecule has 2 heterocycles. The summed E-state index contributed by atoms with van der Waals surface area (Å²) in [6.07, 6.45) is 1.06. The average molecular weight is 506 g/mol. The molecule has 0 unspecified atom stereocenters. The van der Waals surface area contributed by atoms with Crippen molar-refractivity contribution in [1.82, 2.24) is 19.9 Å². The minimum atomic E-state index is -1.32. The maximum absolute atomic E-state index is 15.2. The second-order valence-electron chi connectivity index (χ2n) is 8.19. The molecule has 0 bridgehead atoms. The number of carboxylic acids is 1. The zero-order valence-corrected chi connectivity index (χ0v) is 19.6. The van der Waals surface area contributed by atoms with Gasteiger partial charge >= 0.3 is 5.97 Å². The molecule has 0 radical (unpaired) electrons. The van der Waals surface area contributed by atoms with E-state index in [1.165, 1.54) is 19.1 Å². The van der Waals surface area contributed by atoms with Crippen LogP contribution in [0.1, 0.15) is 26.4 Å². The number of aromatic nitrogens is 3. The molecule has 1 aliphatic rings. The predicted molar refractivity (Wildman–Crippen MR) is 126 cm³/mol. The predicted octanol–water partition coefficient (Wildman–Crippen LogP) is 2.79. The SMILES string of the molecule is Cc1c(F)c(N)cc(C(=O)Nc2cc(-n3cc(C(=O)O)nn3)c(F)cc2N2CCN(C)CC2)c1Cl. The van der Waals surface area contributed by atoms with E-state index in [4.69, 9.17) is 22.4 Å². The van der Waals surface area contributed by atoms with Gasteiger partial charge in [-0.15, -0.1) is 5.10 Å². The lowest BCUT2D eigenvalue weighted by Gasteiger charge is -2.35. The molecule has 1 saturated heterocycles. The van der Waals surface area contributed by atoms with Gasteiger partial charge in [-0.05, 0) is 26.1 Å². The Morgan fingerprint density at radius 1 is 1.14 bits per heavy atom. The Morgan fingerprint density at radius 2 is 1.83 bits per heavy atom. The molecular weight excluding hydrogens is 484 g/mol. The number of aromatic carboxylic acids is 1. The van der Waals surface area contributed by atoms with Gasteiger partial charge in [0.1, 0.15) is 5.69 Å². The largest absolute Gasteiger partial charge is 0.476 e. The summed E-state index contributed by atoms with van der Waals surface area (Å²) in [6.45, 7) is 4.01. The molecule has 13 heteroatoms. The Labute approximate surface area is 203 Å². The minimum absolute atomic E-state index is 0.0275. The Kier molecular flexibility index (Phi) is 6.59. The fourth-order valence-electron chi connectivity index (χ4n) is 3.77. The lowest BCUT2D eigenvalue weighted by atomic mass is 10.1. The number of nitrogens with one attached hydrogen (secondary N) is 1. The first-order chi connectivity index (χ1) is 16.6. The fraction of sp³-hybridized carbons (Fsp3) is 0.273. The van der Waals surface area contributed by atoms with Gasteiger partial charge in [0, 0.05) is 37.8 Å². The molecule has 2 aromatic carbocycles. The number of nitrogens with two attached hydrogens (primary N) is 1. The van der Waals surface area contributed by atoms with Crippen molar-refractivity contribution in [2.45, 2.75) is 6.92 Å². The lowest BCUT2D eigenvalue weighted by molar-refractivity contribution is 0.0690. The highest BCUT2D eigenvalue weighted by Crippen LogP contribution is 2.34. The summed E-state index contributed by atoms with van der Waals surface area (Å²) >= 11 is 6.21. The summed E-state index contributed by atoms with van der Waals surface area (Å²) in [6, 6.07) is 3.70. The van der Waals surface area contributed by atoms with Crippen molar-refractivity contribution < 1.29 is 23.5 Å². The molecule has 1 amide bonds. The molecule has 1 fully saturated rings. The summed E-state index contributed by atoms with van der Waals surface area (Å²) in [5.41, 5.74) is 5.56. The van der Waals surface area contributed by atoms with Gasteiger partial charge < -0.3 is 26.0 Å². The van der Waals surface area contributed by atoms with Crippen LogP contribution in [0.4, 0.5) is 25.8 Å². The molecule has 1 aliphatic heterocycles. The van der Waals surface area contributed by atoms with Crippen LogP contribution in [-0.2, 0) is 0 Å². The minimum Gasteiger partial charge on any atom is -0.476 e. The normalized spacial score (nSPS) is 14.3. The van der Waals surface area contributed by atoms with Crippen molar-refractivity contribution in [1.29, 1.82) is 0 Å². The van der Waals surface area contributed by atoms with Gasteiger partial charge in [-0.25, -0.2) is 18.3 Å². The Balaban J connectivity index is 1.78. The van der Waals surface area contributed by atoms with E-state index in [0.717, 1.165) is 30.0 Å². The maximum atomic E-state index is 15.2. The molecule has 0 saturated carbocycles. The number of hydrogen-bond acceptors (Lipinski definition) is 7. The molecule has 0 aliphatic carbocycles. The molecule has 10 nitrogen and oxygen atoms in total. The number of amides is 1. The summed E-state index contributed by atoms with van der Waals surface area (Å²) < 4.78 is 30.2. The highest BCUT2D eigenvalue weighted by atomic mass is 35.5. The Morgan fingerprint density at radius 3 is 2.46 bits per heavy atom. The van der Waals surface area contributed by atoms with Crippen LogP contribution in [0.5, 0.6) is 0 Å². The Bertz CT molecular complexity index is 1320. The summed E-state index contributed by atoms with van der Waals surface area (Å²) in [4.78, 5) is 28.4. The van der Waals surface area contributed by atoms with Crippen LogP contribution in [0.15, 0.2) is 24.4 Å². The number of carboxylic acid groups (broad SMARTS) is 1. The van der Waals surface area contributed by atoms with Crippen LogP contribution in [-0.4, -0.2) is 70.1 Å². The van der Waals surface area contributed by atoms with Crippen LogP contribution < -0.4 is 16.0 Å². The zero-order valence-electron chi connectivity index (χ0n) is 18.8. The quantitative estimate of drug-likeness (QED) is 0.451. The van der Waals surface area contributed by atoms with Crippen molar-refractivity contribution >= 4 is 40.5 Å². The molecular formula is C22H22ClF2N7O3. The van der Waals surface area contributed by atoms with E-state index < -0.39 is 23.5 Å². The van der Waals surface area contributed by atoms with E-state index in [0.29, 0.717) is 18.8 Å². The molecule has 184 valence electrons. The van der Waals surface area contributed by atoms with Crippen molar-refractivity contribution in [2.75, 3.05) is 49.2 Å². The number of rotatable bonds is 5. The van der Waals surface area contributed by atoms with E-state index in [2.05, 4.69) is 20.5 Å². The third-order valence-electron chi connectivity index (χ3n) is 5.81. The van der Waals surface area contributed by atoms with E-state index >= 15 is 4.39 Å². The summed E-state index contributed by atoms with van der Waals surface area (Å²) in [5.74, 6) is -3.41. The van der Waals surface area contributed by atoms with Crippen molar-refractivity contribution in [3.8, 4) is 5.69 Å². The van der Waals surface area contributed by atoms with Gasteiger partial charge in [-0.2, -0.15) is 0 Å². The van der Waals surface area contributed by atoms with E-state index in [-0.39, 0.29) is 38.9 Å². The van der Waals surface area contributed by atoms with Gasteiger partial charge in [-0.3, -0.25) is 4.79 Å². The highest BCUT2D eigenvalue weighted by molar-refractivity contribution is 6.35. The average Bonchev–Trinajstić information content (AvgIpc) is 3.32. The summed E-state index contributed by atoms with van der Waals surface area (Å²) in [5, 5.41) is 18.9. The van der Waals surface area contributed by atoms with Crippen LogP contribution in [0.25, 0.3) is 5.69 Å². The molecule has 35 heavy (non-hydrogen) atoms. The second kappa shape index (κ2) is 9.47. The third-order valence-corrected chi connectivity index (χ3v) is 6.30. The summed E-state index contributed by atoms with van der Waals surface area (Å²) in [7, 11) is 1.97. The second-order valence-corrected chi connectivity index (χ2v) is 8.56. The number of benzene rings is 2. The molecule has 1 aromatic heterocycles. The first kappa shape index (κ1) is 24.4. The number of anilines is 3. The van der Waals surface area contributed by atoms with Gasteiger partial charge in [0.15, 0.2) is 17.3 Å². The number of nitrogen functional groups attached to an aromatic ring is 1. The first-order valence-electron chi connectivity index (χ1n) is 10.5. The number of carbonyl (C=O) groups is 2. The number of carbonyl (C=O) groups excluding carboxylic acids is 1. The smallest absolute Gasteiger partial charge is 0.358 e.